The van der Waals surface area contributed by atoms with Gasteiger partial charge in [-0.05, 0) is 54.8 Å². The molecule has 0 bridgehead atoms. The first-order chi connectivity index (χ1) is 11.0. The van der Waals surface area contributed by atoms with Gasteiger partial charge in [0.25, 0.3) is 0 Å². The lowest BCUT2D eigenvalue weighted by molar-refractivity contribution is 0.398. The molecule has 23 heavy (non-hydrogen) atoms. The molecule has 0 radical (unpaired) electrons. The molecule has 2 aromatic carbocycles. The summed E-state index contributed by atoms with van der Waals surface area (Å²) in [7, 11) is 3.25. The molecule has 0 saturated heterocycles. The quantitative estimate of drug-likeness (QED) is 0.734. The highest BCUT2D eigenvalue weighted by atomic mass is 35.5. The van der Waals surface area contributed by atoms with Crippen molar-refractivity contribution in [3.05, 3.63) is 57.1 Å². The second-order valence-corrected chi connectivity index (χ2v) is 6.21. The Balaban J connectivity index is 1.95. The van der Waals surface area contributed by atoms with E-state index in [1.165, 1.54) is 11.1 Å². The van der Waals surface area contributed by atoms with Gasteiger partial charge in [-0.15, -0.1) is 0 Å². The van der Waals surface area contributed by atoms with Crippen LogP contribution in [0.4, 0.5) is 0 Å². The van der Waals surface area contributed by atoms with Crippen LogP contribution in [0.15, 0.2) is 30.3 Å². The Hall–Kier alpha value is -1.42. The third kappa shape index (κ3) is 5.03. The van der Waals surface area contributed by atoms with Gasteiger partial charge in [0.2, 0.25) is 0 Å². The lowest BCUT2D eigenvalue weighted by Gasteiger charge is -2.13. The fourth-order valence-corrected chi connectivity index (χ4v) is 3.03. The van der Waals surface area contributed by atoms with Gasteiger partial charge in [-0.2, -0.15) is 0 Å². The lowest BCUT2D eigenvalue weighted by Crippen LogP contribution is -2.17. The fraction of sp³-hybridized carbons (Fsp3) is 0.333. The molecule has 5 heteroatoms. The molecule has 2 rings (SSSR count). The largest absolute Gasteiger partial charge is 0.496 e. The van der Waals surface area contributed by atoms with E-state index >= 15 is 0 Å². The van der Waals surface area contributed by atoms with Gasteiger partial charge in [-0.1, -0.05) is 29.3 Å². The van der Waals surface area contributed by atoms with Crippen LogP contribution in [0.25, 0.3) is 0 Å². The zero-order valence-corrected chi connectivity index (χ0v) is 15.1. The number of aryl methyl sites for hydroxylation is 1. The maximum atomic E-state index is 6.12. The van der Waals surface area contributed by atoms with Gasteiger partial charge in [0, 0.05) is 17.6 Å². The first kappa shape index (κ1) is 17.9. The summed E-state index contributed by atoms with van der Waals surface area (Å²) in [6.07, 6.45) is 0.816. The summed E-state index contributed by atoms with van der Waals surface area (Å²) >= 11 is 12.2. The van der Waals surface area contributed by atoms with Crippen molar-refractivity contribution in [1.29, 1.82) is 0 Å². The molecule has 0 aliphatic heterocycles. The van der Waals surface area contributed by atoms with Gasteiger partial charge >= 0.3 is 0 Å². The van der Waals surface area contributed by atoms with Crippen LogP contribution >= 0.6 is 23.2 Å². The second-order valence-electron chi connectivity index (χ2n) is 5.36. The Kier molecular flexibility index (Phi) is 6.58. The number of nitrogens with one attached hydrogen (secondary N) is 1. The molecule has 0 atom stereocenters. The SMILES string of the molecule is COc1cc(CCNCc2cc(C)cc(Cl)c2)c(OC)cc1Cl. The van der Waals surface area contributed by atoms with Gasteiger partial charge in [-0.25, -0.2) is 0 Å². The van der Waals surface area contributed by atoms with Crippen LogP contribution < -0.4 is 14.8 Å². The molecule has 0 aliphatic carbocycles. The first-order valence-electron chi connectivity index (χ1n) is 7.40. The van der Waals surface area contributed by atoms with E-state index in [2.05, 4.69) is 11.4 Å². The van der Waals surface area contributed by atoms with Crippen molar-refractivity contribution < 1.29 is 9.47 Å². The highest BCUT2D eigenvalue weighted by molar-refractivity contribution is 6.32. The van der Waals surface area contributed by atoms with Crippen molar-refractivity contribution in [2.24, 2.45) is 0 Å². The number of rotatable bonds is 7. The lowest BCUT2D eigenvalue weighted by atomic mass is 10.1. The summed E-state index contributed by atoms with van der Waals surface area (Å²) in [5, 5.41) is 4.74. The minimum atomic E-state index is 0.551. The molecule has 0 spiro atoms. The van der Waals surface area contributed by atoms with Gasteiger partial charge in [0.15, 0.2) is 0 Å². The predicted octanol–water partition coefficient (Wildman–Crippen LogP) is 4.65. The highest BCUT2D eigenvalue weighted by Gasteiger charge is 2.09. The molecule has 0 heterocycles. The summed E-state index contributed by atoms with van der Waals surface area (Å²) < 4.78 is 10.7. The molecular weight excluding hydrogens is 333 g/mol. The van der Waals surface area contributed by atoms with E-state index in [0.717, 1.165) is 35.8 Å². The molecule has 0 amide bonds. The van der Waals surface area contributed by atoms with Gasteiger partial charge in [-0.3, -0.25) is 0 Å². The smallest absolute Gasteiger partial charge is 0.137 e. The average Bonchev–Trinajstić information content (AvgIpc) is 2.51. The van der Waals surface area contributed by atoms with Crippen LogP contribution in [-0.4, -0.2) is 20.8 Å². The van der Waals surface area contributed by atoms with E-state index in [1.54, 1.807) is 20.3 Å². The number of benzene rings is 2. The van der Waals surface area contributed by atoms with Gasteiger partial charge in [0.05, 0.1) is 19.2 Å². The Labute approximate surface area is 147 Å². The minimum Gasteiger partial charge on any atom is -0.496 e. The Bertz CT molecular complexity index is 654. The molecule has 2 aromatic rings. The molecular formula is C18H21Cl2NO2. The van der Waals surface area contributed by atoms with E-state index < -0.39 is 0 Å². The monoisotopic (exact) mass is 353 g/mol. The van der Waals surface area contributed by atoms with Crippen LogP contribution in [0.2, 0.25) is 10.0 Å². The summed E-state index contributed by atoms with van der Waals surface area (Å²) in [4.78, 5) is 0. The van der Waals surface area contributed by atoms with Crippen molar-refractivity contribution in [3.8, 4) is 11.5 Å². The van der Waals surface area contributed by atoms with E-state index in [1.807, 2.05) is 25.1 Å². The maximum Gasteiger partial charge on any atom is 0.137 e. The number of halogens is 2. The Morgan fingerprint density at radius 3 is 2.35 bits per heavy atom. The molecule has 0 aromatic heterocycles. The molecule has 0 saturated carbocycles. The third-order valence-corrected chi connectivity index (χ3v) is 4.07. The molecule has 124 valence electrons. The van der Waals surface area contributed by atoms with Crippen molar-refractivity contribution in [2.45, 2.75) is 19.9 Å². The second kappa shape index (κ2) is 8.44. The topological polar surface area (TPSA) is 30.5 Å². The fourth-order valence-electron chi connectivity index (χ4n) is 2.49. The van der Waals surface area contributed by atoms with E-state index in [0.29, 0.717) is 10.8 Å². The summed E-state index contributed by atoms with van der Waals surface area (Å²) in [6.45, 7) is 3.63. The zero-order chi connectivity index (χ0) is 16.8. The summed E-state index contributed by atoms with van der Waals surface area (Å²) in [5.41, 5.74) is 3.40. The summed E-state index contributed by atoms with van der Waals surface area (Å²) in [5.74, 6) is 1.43. The van der Waals surface area contributed by atoms with Crippen molar-refractivity contribution in [3.63, 3.8) is 0 Å². The highest BCUT2D eigenvalue weighted by Crippen LogP contribution is 2.32. The van der Waals surface area contributed by atoms with Crippen LogP contribution in [0, 0.1) is 6.92 Å². The average molecular weight is 354 g/mol. The van der Waals surface area contributed by atoms with Crippen molar-refractivity contribution in [2.75, 3.05) is 20.8 Å². The van der Waals surface area contributed by atoms with Crippen LogP contribution in [0.1, 0.15) is 16.7 Å². The Morgan fingerprint density at radius 2 is 1.70 bits per heavy atom. The number of hydrogen-bond donors (Lipinski definition) is 1. The van der Waals surface area contributed by atoms with E-state index in [-0.39, 0.29) is 0 Å². The first-order valence-corrected chi connectivity index (χ1v) is 8.16. The van der Waals surface area contributed by atoms with Crippen molar-refractivity contribution in [1.82, 2.24) is 5.32 Å². The van der Waals surface area contributed by atoms with Crippen LogP contribution in [0.3, 0.4) is 0 Å². The van der Waals surface area contributed by atoms with Gasteiger partial charge in [0.1, 0.15) is 11.5 Å². The third-order valence-electron chi connectivity index (χ3n) is 3.56. The van der Waals surface area contributed by atoms with E-state index in [4.69, 9.17) is 32.7 Å². The normalized spacial score (nSPS) is 10.7. The molecule has 3 nitrogen and oxygen atoms in total. The maximum absolute atomic E-state index is 6.12. The number of ether oxygens (including phenoxy) is 2. The standard InChI is InChI=1S/C18H21Cl2NO2/c1-12-6-13(8-15(19)7-12)11-21-5-4-14-9-18(23-3)16(20)10-17(14)22-2/h6-10,21H,4-5,11H2,1-3H3. The molecule has 1 N–H and O–H groups in total. The van der Waals surface area contributed by atoms with Crippen LogP contribution in [0.5, 0.6) is 11.5 Å². The van der Waals surface area contributed by atoms with Crippen LogP contribution in [-0.2, 0) is 13.0 Å². The summed E-state index contributed by atoms with van der Waals surface area (Å²) in [6, 6.07) is 9.77. The van der Waals surface area contributed by atoms with Gasteiger partial charge < -0.3 is 14.8 Å². The zero-order valence-electron chi connectivity index (χ0n) is 13.6. The molecule has 0 unspecified atom stereocenters. The Morgan fingerprint density at radius 1 is 0.957 bits per heavy atom. The van der Waals surface area contributed by atoms with Crippen molar-refractivity contribution >= 4 is 23.2 Å². The van der Waals surface area contributed by atoms with E-state index in [9.17, 15) is 0 Å². The molecule has 0 aliphatic rings. The predicted molar refractivity (Wildman–Crippen MR) is 96.2 cm³/mol. The molecule has 0 fully saturated rings. The minimum absolute atomic E-state index is 0.551. The number of methoxy groups -OCH3 is 2. The number of hydrogen-bond acceptors (Lipinski definition) is 3.